The number of hydrogen-bond acceptors (Lipinski definition) is 6. The molecule has 0 saturated heterocycles. The molecule has 0 spiro atoms. The van der Waals surface area contributed by atoms with E-state index in [1.54, 1.807) is 24.3 Å². The summed E-state index contributed by atoms with van der Waals surface area (Å²) in [5.74, 6) is -0.160. The molecule has 1 aromatic heterocycles. The van der Waals surface area contributed by atoms with Crippen molar-refractivity contribution in [2.24, 2.45) is 0 Å². The Morgan fingerprint density at radius 3 is 2.37 bits per heavy atom. The predicted molar refractivity (Wildman–Crippen MR) is 119 cm³/mol. The first-order valence-corrected chi connectivity index (χ1v) is 13.3. The van der Waals surface area contributed by atoms with Gasteiger partial charge in [0.2, 0.25) is 10.0 Å². The van der Waals surface area contributed by atoms with Gasteiger partial charge < -0.3 is 5.32 Å². The molecule has 0 fully saturated rings. The lowest BCUT2D eigenvalue weighted by atomic mass is 10.2. The number of amides is 1. The van der Waals surface area contributed by atoms with E-state index in [1.165, 1.54) is 13.2 Å². The standard InChI is InChI=1S/C19H29N5O4S2/c1-4-5-6-7-8-13-30(20,28)16-11-9-15(10-12-16)22-19(25)17-14-21-23-18(17)24(2)29(3,26)27/h9-12,14,20H,4-8,13H2,1-3H3,(H,21,23)(H,22,25). The van der Waals surface area contributed by atoms with Crippen LogP contribution in [0.5, 0.6) is 0 Å². The van der Waals surface area contributed by atoms with Crippen LogP contribution in [0.1, 0.15) is 49.4 Å². The first kappa shape index (κ1) is 23.9. The molecule has 30 heavy (non-hydrogen) atoms. The molecule has 1 atom stereocenters. The Morgan fingerprint density at radius 1 is 1.13 bits per heavy atom. The molecule has 0 aliphatic heterocycles. The van der Waals surface area contributed by atoms with Gasteiger partial charge >= 0.3 is 0 Å². The smallest absolute Gasteiger partial charge is 0.261 e. The minimum absolute atomic E-state index is 0.0591. The average molecular weight is 456 g/mol. The van der Waals surface area contributed by atoms with Crippen LogP contribution >= 0.6 is 0 Å². The highest BCUT2D eigenvalue weighted by Gasteiger charge is 2.22. The van der Waals surface area contributed by atoms with Gasteiger partial charge in [0.05, 0.1) is 22.2 Å². The molecule has 2 aromatic rings. The number of carbonyl (C=O) groups excluding carboxylic acids is 1. The number of anilines is 2. The maximum absolute atomic E-state index is 12.7. The van der Waals surface area contributed by atoms with Gasteiger partial charge in [0.25, 0.3) is 5.91 Å². The van der Waals surface area contributed by atoms with Crippen LogP contribution in [0.25, 0.3) is 0 Å². The molecular formula is C19H29N5O4S2. The molecule has 0 saturated carbocycles. The zero-order valence-electron chi connectivity index (χ0n) is 17.5. The van der Waals surface area contributed by atoms with Crippen molar-refractivity contribution in [3.63, 3.8) is 0 Å². The fraction of sp³-hybridized carbons (Fsp3) is 0.474. The molecule has 0 radical (unpaired) electrons. The van der Waals surface area contributed by atoms with E-state index < -0.39 is 25.7 Å². The highest BCUT2D eigenvalue weighted by Crippen LogP contribution is 2.21. The maximum Gasteiger partial charge on any atom is 0.261 e. The molecule has 0 aliphatic rings. The number of benzene rings is 1. The van der Waals surface area contributed by atoms with Crippen molar-refractivity contribution in [2.75, 3.05) is 28.7 Å². The van der Waals surface area contributed by atoms with Crippen molar-refractivity contribution in [2.45, 2.75) is 43.9 Å². The van der Waals surface area contributed by atoms with Crippen molar-refractivity contribution in [3.05, 3.63) is 36.0 Å². The van der Waals surface area contributed by atoms with Crippen molar-refractivity contribution in [3.8, 4) is 0 Å². The molecule has 11 heteroatoms. The highest BCUT2D eigenvalue weighted by molar-refractivity contribution is 7.92. The second-order valence-electron chi connectivity index (χ2n) is 7.13. The molecule has 1 heterocycles. The van der Waals surface area contributed by atoms with Crippen LogP contribution in [0.3, 0.4) is 0 Å². The topological polar surface area (TPSA) is 136 Å². The van der Waals surface area contributed by atoms with Crippen molar-refractivity contribution < 1.29 is 17.4 Å². The van der Waals surface area contributed by atoms with Crippen LogP contribution in [0, 0.1) is 4.78 Å². The summed E-state index contributed by atoms with van der Waals surface area (Å²) in [4.78, 5) is 13.0. The van der Waals surface area contributed by atoms with Gasteiger partial charge in [-0.15, -0.1) is 0 Å². The van der Waals surface area contributed by atoms with E-state index in [1.807, 2.05) is 0 Å². The zero-order valence-corrected chi connectivity index (χ0v) is 19.1. The molecule has 0 bridgehead atoms. The number of unbranched alkanes of at least 4 members (excludes halogenated alkanes) is 4. The van der Waals surface area contributed by atoms with Crippen LogP contribution in [0.4, 0.5) is 11.5 Å². The average Bonchev–Trinajstić information content (AvgIpc) is 3.16. The second-order valence-corrected chi connectivity index (χ2v) is 11.4. The fourth-order valence-corrected chi connectivity index (χ4v) is 4.73. The first-order valence-electron chi connectivity index (χ1n) is 9.71. The predicted octanol–water partition coefficient (Wildman–Crippen LogP) is 3.43. The van der Waals surface area contributed by atoms with E-state index >= 15 is 0 Å². The Morgan fingerprint density at radius 2 is 1.77 bits per heavy atom. The number of hydrogen-bond donors (Lipinski definition) is 3. The molecule has 2 rings (SSSR count). The minimum atomic E-state index is -3.56. The number of sulfonamides is 1. The van der Waals surface area contributed by atoms with E-state index in [0.29, 0.717) is 16.3 Å². The Kier molecular flexibility index (Phi) is 8.02. The Balaban J connectivity index is 2.05. The number of nitrogens with zero attached hydrogens (tertiary/aromatic N) is 2. The van der Waals surface area contributed by atoms with Crippen LogP contribution in [-0.4, -0.2) is 47.8 Å². The Bertz CT molecular complexity index is 1060. The number of aromatic amines is 1. The molecule has 3 N–H and O–H groups in total. The Hall–Kier alpha value is -2.40. The van der Waals surface area contributed by atoms with E-state index in [-0.39, 0.29) is 11.4 Å². The van der Waals surface area contributed by atoms with Crippen molar-refractivity contribution in [1.29, 1.82) is 4.78 Å². The van der Waals surface area contributed by atoms with Gasteiger partial charge in [-0.2, -0.15) is 5.10 Å². The monoisotopic (exact) mass is 455 g/mol. The summed E-state index contributed by atoms with van der Waals surface area (Å²) in [6, 6.07) is 6.32. The molecule has 1 aromatic carbocycles. The van der Waals surface area contributed by atoms with Gasteiger partial charge in [-0.05, 0) is 30.7 Å². The molecule has 166 valence electrons. The largest absolute Gasteiger partial charge is 0.322 e. The third-order valence-electron chi connectivity index (χ3n) is 4.70. The van der Waals surface area contributed by atoms with Crippen LogP contribution in [0.15, 0.2) is 35.4 Å². The fourth-order valence-electron chi connectivity index (χ4n) is 2.83. The normalized spacial score (nSPS) is 13.6. The quantitative estimate of drug-likeness (QED) is 0.446. The second kappa shape index (κ2) is 10.1. The molecule has 0 aliphatic carbocycles. The number of nitrogens with one attached hydrogen (secondary N) is 3. The number of rotatable bonds is 11. The van der Waals surface area contributed by atoms with E-state index in [0.717, 1.165) is 42.7 Å². The summed E-state index contributed by atoms with van der Waals surface area (Å²) in [6.07, 6.45) is 7.35. The third-order valence-corrected chi connectivity index (χ3v) is 7.78. The van der Waals surface area contributed by atoms with Crippen molar-refractivity contribution >= 4 is 37.2 Å². The summed E-state index contributed by atoms with van der Waals surface area (Å²) in [7, 11) is -5.11. The van der Waals surface area contributed by atoms with Crippen LogP contribution < -0.4 is 9.62 Å². The van der Waals surface area contributed by atoms with Crippen LogP contribution in [0.2, 0.25) is 0 Å². The molecule has 9 nitrogen and oxygen atoms in total. The van der Waals surface area contributed by atoms with Gasteiger partial charge in [0, 0.05) is 23.4 Å². The number of aromatic nitrogens is 2. The molecular weight excluding hydrogens is 426 g/mol. The first-order chi connectivity index (χ1) is 14.1. The number of carbonyl (C=O) groups is 1. The lowest BCUT2D eigenvalue weighted by Gasteiger charge is -2.16. The minimum Gasteiger partial charge on any atom is -0.322 e. The van der Waals surface area contributed by atoms with Gasteiger partial charge in [0.15, 0.2) is 5.82 Å². The third kappa shape index (κ3) is 6.30. The highest BCUT2D eigenvalue weighted by atomic mass is 32.2. The maximum atomic E-state index is 12.7. The van der Waals surface area contributed by atoms with Crippen molar-refractivity contribution in [1.82, 2.24) is 10.2 Å². The van der Waals surface area contributed by atoms with Gasteiger partial charge in [-0.25, -0.2) is 17.4 Å². The molecule has 1 unspecified atom stereocenters. The lowest BCUT2D eigenvalue weighted by molar-refractivity contribution is 0.102. The van der Waals surface area contributed by atoms with Gasteiger partial charge in [-0.3, -0.25) is 14.2 Å². The van der Waals surface area contributed by atoms with Gasteiger partial charge in [0.1, 0.15) is 5.56 Å². The lowest BCUT2D eigenvalue weighted by Crippen LogP contribution is -2.27. The summed E-state index contributed by atoms with van der Waals surface area (Å²) < 4.78 is 45.2. The van der Waals surface area contributed by atoms with E-state index in [9.17, 15) is 17.4 Å². The van der Waals surface area contributed by atoms with E-state index in [2.05, 4.69) is 22.4 Å². The number of H-pyrrole nitrogens is 1. The summed E-state index contributed by atoms with van der Waals surface area (Å²) >= 11 is 0. The SMILES string of the molecule is CCCCCCCS(=N)(=O)c1ccc(NC(=O)c2cn[nH]c2N(C)S(C)(=O)=O)cc1. The van der Waals surface area contributed by atoms with Crippen LogP contribution in [-0.2, 0) is 19.8 Å². The summed E-state index contributed by atoms with van der Waals surface area (Å²) in [5, 5.41) is 8.93. The van der Waals surface area contributed by atoms with E-state index in [4.69, 9.17) is 4.78 Å². The summed E-state index contributed by atoms with van der Waals surface area (Å²) in [6.45, 7) is 2.13. The zero-order chi connectivity index (χ0) is 22.4. The van der Waals surface area contributed by atoms with Gasteiger partial charge in [-0.1, -0.05) is 32.6 Å². The summed E-state index contributed by atoms with van der Waals surface area (Å²) in [5.41, 5.74) is 0.513. The Labute approximate surface area is 178 Å². The molecule has 1 amide bonds.